The lowest BCUT2D eigenvalue weighted by molar-refractivity contribution is 0.0958. The van der Waals surface area contributed by atoms with Crippen LogP contribution < -0.4 is 11.1 Å². The van der Waals surface area contributed by atoms with Crippen LogP contribution in [-0.4, -0.2) is 22.6 Å². The number of nitrogens with zero attached hydrogens (tertiary/aromatic N) is 2. The van der Waals surface area contributed by atoms with E-state index in [1.807, 2.05) is 24.3 Å². The highest BCUT2D eigenvalue weighted by molar-refractivity contribution is 7.20. The SMILES string of the molecule is Nc1ccc2sc(C(=O)NCCc3ncon3)cc2c1. The van der Waals surface area contributed by atoms with E-state index < -0.39 is 0 Å². The highest BCUT2D eigenvalue weighted by Gasteiger charge is 2.10. The van der Waals surface area contributed by atoms with E-state index in [1.165, 1.54) is 17.7 Å². The molecule has 20 heavy (non-hydrogen) atoms. The summed E-state index contributed by atoms with van der Waals surface area (Å²) in [6.45, 7) is 0.467. The third-order valence-electron chi connectivity index (χ3n) is 2.81. The van der Waals surface area contributed by atoms with Gasteiger partial charge in [-0.2, -0.15) is 4.98 Å². The number of amides is 1. The van der Waals surface area contributed by atoms with E-state index in [2.05, 4.69) is 20.0 Å². The molecule has 0 atom stereocenters. The Labute approximate surface area is 118 Å². The van der Waals surface area contributed by atoms with Crippen LogP contribution in [0, 0.1) is 0 Å². The standard InChI is InChI=1S/C13H12N4O2S/c14-9-1-2-10-8(5-9)6-11(20-10)13(18)15-4-3-12-16-7-19-17-12/h1-2,5-7H,3-4,14H2,(H,15,18). The van der Waals surface area contributed by atoms with Gasteiger partial charge in [-0.05, 0) is 29.7 Å². The zero-order chi connectivity index (χ0) is 13.9. The first kappa shape index (κ1) is 12.6. The minimum Gasteiger partial charge on any atom is -0.399 e. The summed E-state index contributed by atoms with van der Waals surface area (Å²) in [6, 6.07) is 7.46. The molecule has 1 aromatic carbocycles. The van der Waals surface area contributed by atoms with Crippen molar-refractivity contribution in [1.82, 2.24) is 15.5 Å². The molecule has 0 spiro atoms. The smallest absolute Gasteiger partial charge is 0.261 e. The van der Waals surface area contributed by atoms with Gasteiger partial charge in [-0.1, -0.05) is 5.16 Å². The molecule has 0 saturated heterocycles. The van der Waals surface area contributed by atoms with Crippen molar-refractivity contribution in [3.05, 3.63) is 41.4 Å². The summed E-state index contributed by atoms with van der Waals surface area (Å²) in [5.74, 6) is 0.475. The lowest BCUT2D eigenvalue weighted by atomic mass is 10.2. The minimum absolute atomic E-state index is 0.103. The van der Waals surface area contributed by atoms with Crippen molar-refractivity contribution in [2.24, 2.45) is 0 Å². The van der Waals surface area contributed by atoms with Crippen LogP contribution in [0.2, 0.25) is 0 Å². The summed E-state index contributed by atoms with van der Waals surface area (Å²) < 4.78 is 5.67. The van der Waals surface area contributed by atoms with E-state index in [-0.39, 0.29) is 5.91 Å². The maximum absolute atomic E-state index is 12.0. The first-order valence-corrected chi connectivity index (χ1v) is 6.86. The molecule has 2 aromatic heterocycles. The number of anilines is 1. The number of rotatable bonds is 4. The number of fused-ring (bicyclic) bond motifs is 1. The van der Waals surface area contributed by atoms with Crippen LogP contribution in [0.15, 0.2) is 35.2 Å². The molecule has 0 unspecified atom stereocenters. The molecular weight excluding hydrogens is 276 g/mol. The number of hydrogen-bond donors (Lipinski definition) is 2. The first-order valence-electron chi connectivity index (χ1n) is 6.05. The van der Waals surface area contributed by atoms with E-state index in [1.54, 1.807) is 0 Å². The monoisotopic (exact) mass is 288 g/mol. The van der Waals surface area contributed by atoms with Gasteiger partial charge in [-0.25, -0.2) is 0 Å². The third kappa shape index (κ3) is 2.62. The Morgan fingerprint density at radius 1 is 1.40 bits per heavy atom. The maximum Gasteiger partial charge on any atom is 0.261 e. The van der Waals surface area contributed by atoms with E-state index in [4.69, 9.17) is 5.73 Å². The molecule has 0 aliphatic heterocycles. The third-order valence-corrected chi connectivity index (χ3v) is 3.92. The second kappa shape index (κ2) is 5.30. The zero-order valence-electron chi connectivity index (χ0n) is 10.5. The Morgan fingerprint density at radius 2 is 2.30 bits per heavy atom. The van der Waals surface area contributed by atoms with E-state index >= 15 is 0 Å². The maximum atomic E-state index is 12.0. The Morgan fingerprint density at radius 3 is 3.10 bits per heavy atom. The second-order valence-electron chi connectivity index (χ2n) is 4.26. The molecule has 2 heterocycles. The zero-order valence-corrected chi connectivity index (χ0v) is 11.3. The number of aromatic nitrogens is 2. The molecule has 0 fully saturated rings. The number of carbonyl (C=O) groups excluding carboxylic acids is 1. The molecule has 3 N–H and O–H groups in total. The van der Waals surface area contributed by atoms with Crippen molar-refractivity contribution in [3.63, 3.8) is 0 Å². The van der Waals surface area contributed by atoms with Crippen molar-refractivity contribution >= 4 is 33.0 Å². The normalized spacial score (nSPS) is 10.8. The summed E-state index contributed by atoms with van der Waals surface area (Å²) in [4.78, 5) is 16.6. The van der Waals surface area contributed by atoms with Gasteiger partial charge in [-0.15, -0.1) is 11.3 Å². The Balaban J connectivity index is 1.66. The van der Waals surface area contributed by atoms with Crippen LogP contribution in [0.25, 0.3) is 10.1 Å². The predicted octanol–water partition coefficient (Wildman–Crippen LogP) is 1.84. The molecule has 1 amide bonds. The number of nitrogens with two attached hydrogens (primary N) is 1. The van der Waals surface area contributed by atoms with E-state index in [9.17, 15) is 4.79 Å². The van der Waals surface area contributed by atoms with Crippen LogP contribution in [0.1, 0.15) is 15.5 Å². The van der Waals surface area contributed by atoms with Crippen molar-refractivity contribution in [1.29, 1.82) is 0 Å². The summed E-state index contributed by atoms with van der Waals surface area (Å²) in [6.07, 6.45) is 1.81. The number of nitrogens with one attached hydrogen (secondary N) is 1. The van der Waals surface area contributed by atoms with Crippen molar-refractivity contribution in [3.8, 4) is 0 Å². The lowest BCUT2D eigenvalue weighted by Crippen LogP contribution is -2.25. The molecule has 0 aliphatic carbocycles. The molecule has 0 bridgehead atoms. The Bertz CT molecular complexity index is 736. The van der Waals surface area contributed by atoms with Gasteiger partial charge in [0.15, 0.2) is 5.82 Å². The van der Waals surface area contributed by atoms with Crippen molar-refractivity contribution in [2.45, 2.75) is 6.42 Å². The van der Waals surface area contributed by atoms with Gasteiger partial charge in [0.2, 0.25) is 6.39 Å². The fourth-order valence-electron chi connectivity index (χ4n) is 1.85. The summed E-state index contributed by atoms with van der Waals surface area (Å²) in [5, 5.41) is 7.50. The predicted molar refractivity (Wildman–Crippen MR) is 76.6 cm³/mol. The molecule has 102 valence electrons. The van der Waals surface area contributed by atoms with Crippen LogP contribution in [0.3, 0.4) is 0 Å². The van der Waals surface area contributed by atoms with E-state index in [0.717, 1.165) is 10.1 Å². The number of carbonyl (C=O) groups is 1. The number of nitrogen functional groups attached to an aromatic ring is 1. The highest BCUT2D eigenvalue weighted by Crippen LogP contribution is 2.27. The van der Waals surface area contributed by atoms with Crippen LogP contribution in [0.5, 0.6) is 0 Å². The average molecular weight is 288 g/mol. The first-order chi connectivity index (χ1) is 9.72. The van der Waals surface area contributed by atoms with E-state index in [0.29, 0.717) is 29.4 Å². The average Bonchev–Trinajstić information content (AvgIpc) is 3.06. The molecule has 3 aromatic rings. The van der Waals surface area contributed by atoms with Gasteiger partial charge in [0.05, 0.1) is 4.88 Å². The molecule has 0 saturated carbocycles. The molecule has 0 aliphatic rings. The number of benzene rings is 1. The summed E-state index contributed by atoms with van der Waals surface area (Å²) >= 11 is 1.44. The lowest BCUT2D eigenvalue weighted by Gasteiger charge is -2.00. The fraction of sp³-hybridized carbons (Fsp3) is 0.154. The fourth-order valence-corrected chi connectivity index (χ4v) is 2.81. The highest BCUT2D eigenvalue weighted by atomic mass is 32.1. The van der Waals surface area contributed by atoms with Crippen LogP contribution >= 0.6 is 11.3 Å². The summed E-state index contributed by atoms with van der Waals surface area (Å²) in [7, 11) is 0. The van der Waals surface area contributed by atoms with Crippen LogP contribution in [-0.2, 0) is 6.42 Å². The topological polar surface area (TPSA) is 94.0 Å². The van der Waals surface area contributed by atoms with Crippen molar-refractivity contribution < 1.29 is 9.32 Å². The second-order valence-corrected chi connectivity index (χ2v) is 5.35. The summed E-state index contributed by atoms with van der Waals surface area (Å²) in [5.41, 5.74) is 6.42. The van der Waals surface area contributed by atoms with Gasteiger partial charge in [0, 0.05) is 23.4 Å². The molecular formula is C13H12N4O2S. The van der Waals surface area contributed by atoms with Crippen LogP contribution in [0.4, 0.5) is 5.69 Å². The van der Waals surface area contributed by atoms with Gasteiger partial charge in [-0.3, -0.25) is 4.79 Å². The Kier molecular flexibility index (Phi) is 3.34. The van der Waals surface area contributed by atoms with Gasteiger partial charge >= 0.3 is 0 Å². The van der Waals surface area contributed by atoms with Gasteiger partial charge < -0.3 is 15.6 Å². The molecule has 3 rings (SSSR count). The quantitative estimate of drug-likeness (QED) is 0.714. The largest absolute Gasteiger partial charge is 0.399 e. The Hall–Kier alpha value is -2.41. The number of hydrogen-bond acceptors (Lipinski definition) is 6. The molecule has 7 heteroatoms. The molecule has 0 radical (unpaired) electrons. The number of thiophene rings is 1. The minimum atomic E-state index is -0.103. The van der Waals surface area contributed by atoms with Gasteiger partial charge in [0.1, 0.15) is 0 Å². The molecule has 6 nitrogen and oxygen atoms in total. The van der Waals surface area contributed by atoms with Gasteiger partial charge in [0.25, 0.3) is 5.91 Å². The van der Waals surface area contributed by atoms with Crippen molar-refractivity contribution in [2.75, 3.05) is 12.3 Å².